The molecule has 0 aliphatic carbocycles. The van der Waals surface area contributed by atoms with Crippen LogP contribution in [0.25, 0.3) is 5.69 Å². The number of nitrogens with two attached hydrogens (primary N) is 1. The van der Waals surface area contributed by atoms with E-state index in [1.807, 2.05) is 43.5 Å². The second kappa shape index (κ2) is 4.23. The summed E-state index contributed by atoms with van der Waals surface area (Å²) in [5.41, 5.74) is 7.63. The van der Waals surface area contributed by atoms with Gasteiger partial charge in [-0.2, -0.15) is 0 Å². The summed E-state index contributed by atoms with van der Waals surface area (Å²) in [5, 5.41) is 8.12. The second-order valence-electron chi connectivity index (χ2n) is 3.67. The number of para-hydroxylation sites is 1. The van der Waals surface area contributed by atoms with Crippen molar-refractivity contribution in [3.63, 3.8) is 0 Å². The highest BCUT2D eigenvalue weighted by Crippen LogP contribution is 2.06. The van der Waals surface area contributed by atoms with Crippen LogP contribution in [0, 0.1) is 0 Å². The molecular formula is C11H14N4. The molecule has 15 heavy (non-hydrogen) atoms. The highest BCUT2D eigenvalue weighted by atomic mass is 15.4. The van der Waals surface area contributed by atoms with Crippen molar-refractivity contribution in [3.05, 3.63) is 42.2 Å². The van der Waals surface area contributed by atoms with Gasteiger partial charge in [-0.3, -0.25) is 0 Å². The van der Waals surface area contributed by atoms with Crippen molar-refractivity contribution in [1.29, 1.82) is 0 Å². The fraction of sp³-hybridized carbons (Fsp3) is 0.273. The summed E-state index contributed by atoms with van der Waals surface area (Å²) in [4.78, 5) is 0. The van der Waals surface area contributed by atoms with Gasteiger partial charge in [0.25, 0.3) is 0 Å². The van der Waals surface area contributed by atoms with Gasteiger partial charge in [0.1, 0.15) is 0 Å². The predicted molar refractivity (Wildman–Crippen MR) is 58.7 cm³/mol. The normalized spacial score (nSPS) is 12.7. The van der Waals surface area contributed by atoms with Crippen LogP contribution in [0.4, 0.5) is 0 Å². The molecule has 1 aromatic carbocycles. The quantitative estimate of drug-likeness (QED) is 0.812. The molecule has 0 saturated carbocycles. The molecule has 0 spiro atoms. The van der Waals surface area contributed by atoms with Gasteiger partial charge in [0.2, 0.25) is 0 Å². The Labute approximate surface area is 88.7 Å². The Kier molecular flexibility index (Phi) is 2.78. The molecule has 0 unspecified atom stereocenters. The van der Waals surface area contributed by atoms with Gasteiger partial charge in [0.05, 0.1) is 17.6 Å². The maximum atomic E-state index is 5.70. The molecule has 2 rings (SSSR count). The van der Waals surface area contributed by atoms with E-state index in [1.165, 1.54) is 0 Å². The Hall–Kier alpha value is -1.68. The van der Waals surface area contributed by atoms with Gasteiger partial charge in [0, 0.05) is 12.5 Å². The second-order valence-corrected chi connectivity index (χ2v) is 3.67. The van der Waals surface area contributed by atoms with Crippen molar-refractivity contribution in [3.8, 4) is 5.69 Å². The number of rotatable bonds is 3. The van der Waals surface area contributed by atoms with Crippen LogP contribution in [-0.4, -0.2) is 21.0 Å². The number of hydrogen-bond donors (Lipinski definition) is 1. The van der Waals surface area contributed by atoms with Gasteiger partial charge in [-0.15, -0.1) is 5.10 Å². The lowest BCUT2D eigenvalue weighted by atomic mass is 10.2. The Morgan fingerprint density at radius 2 is 2.07 bits per heavy atom. The summed E-state index contributed by atoms with van der Waals surface area (Å²) in [5.74, 6) is 0. The predicted octanol–water partition coefficient (Wildman–Crippen LogP) is 1.16. The highest BCUT2D eigenvalue weighted by molar-refractivity contribution is 5.29. The molecule has 1 atom stereocenters. The Balaban J connectivity index is 2.21. The monoisotopic (exact) mass is 202 g/mol. The fourth-order valence-corrected chi connectivity index (χ4v) is 1.43. The standard InChI is InChI=1S/C11H14N4/c1-9(12)7-10-8-15(14-13-10)11-5-3-2-4-6-11/h2-6,8-9H,7,12H2,1H3/t9-/m0/s1. The molecule has 0 aliphatic heterocycles. The number of nitrogens with zero attached hydrogens (tertiary/aromatic N) is 3. The molecule has 0 fully saturated rings. The number of aromatic nitrogens is 3. The largest absolute Gasteiger partial charge is 0.328 e. The number of hydrogen-bond acceptors (Lipinski definition) is 3. The van der Waals surface area contributed by atoms with Crippen LogP contribution in [0.5, 0.6) is 0 Å². The summed E-state index contributed by atoms with van der Waals surface area (Å²) < 4.78 is 1.76. The molecule has 0 amide bonds. The van der Waals surface area contributed by atoms with Crippen molar-refractivity contribution in [2.75, 3.05) is 0 Å². The van der Waals surface area contributed by atoms with Crippen LogP contribution in [0.15, 0.2) is 36.5 Å². The topological polar surface area (TPSA) is 56.7 Å². The van der Waals surface area contributed by atoms with Crippen molar-refractivity contribution in [1.82, 2.24) is 15.0 Å². The van der Waals surface area contributed by atoms with Crippen molar-refractivity contribution >= 4 is 0 Å². The van der Waals surface area contributed by atoms with Crippen molar-refractivity contribution in [2.24, 2.45) is 5.73 Å². The average molecular weight is 202 g/mol. The van der Waals surface area contributed by atoms with Gasteiger partial charge in [0.15, 0.2) is 0 Å². The fourth-order valence-electron chi connectivity index (χ4n) is 1.43. The molecule has 4 heteroatoms. The van der Waals surface area contributed by atoms with Crippen LogP contribution in [0.2, 0.25) is 0 Å². The molecule has 0 aliphatic rings. The van der Waals surface area contributed by atoms with E-state index in [0.29, 0.717) is 0 Å². The first kappa shape index (κ1) is 9.86. The first-order valence-electron chi connectivity index (χ1n) is 4.98. The average Bonchev–Trinajstić information content (AvgIpc) is 2.67. The minimum Gasteiger partial charge on any atom is -0.328 e. The van der Waals surface area contributed by atoms with E-state index >= 15 is 0 Å². The first-order valence-corrected chi connectivity index (χ1v) is 4.98. The van der Waals surface area contributed by atoms with E-state index in [-0.39, 0.29) is 6.04 Å². The maximum absolute atomic E-state index is 5.70. The SMILES string of the molecule is C[C@H](N)Cc1cn(-c2ccccc2)nn1. The van der Waals surface area contributed by atoms with Gasteiger partial charge in [-0.1, -0.05) is 23.4 Å². The zero-order valence-corrected chi connectivity index (χ0v) is 8.67. The third-order valence-electron chi connectivity index (χ3n) is 2.09. The highest BCUT2D eigenvalue weighted by Gasteiger charge is 2.04. The molecular weight excluding hydrogens is 188 g/mol. The van der Waals surface area contributed by atoms with E-state index in [9.17, 15) is 0 Å². The molecule has 2 aromatic rings. The molecule has 0 bridgehead atoms. The van der Waals surface area contributed by atoms with Crippen LogP contribution in [0.3, 0.4) is 0 Å². The molecule has 78 valence electrons. The third-order valence-corrected chi connectivity index (χ3v) is 2.09. The molecule has 1 aromatic heterocycles. The van der Waals surface area contributed by atoms with Gasteiger partial charge in [-0.25, -0.2) is 4.68 Å². The smallest absolute Gasteiger partial charge is 0.0847 e. The van der Waals surface area contributed by atoms with Gasteiger partial charge >= 0.3 is 0 Å². The van der Waals surface area contributed by atoms with E-state index in [0.717, 1.165) is 17.8 Å². The third kappa shape index (κ3) is 2.41. The van der Waals surface area contributed by atoms with Crippen LogP contribution < -0.4 is 5.73 Å². The minimum atomic E-state index is 0.117. The lowest BCUT2D eigenvalue weighted by molar-refractivity contribution is 0.716. The zero-order chi connectivity index (χ0) is 10.7. The summed E-state index contributed by atoms with van der Waals surface area (Å²) in [6.45, 7) is 1.96. The first-order chi connectivity index (χ1) is 7.25. The zero-order valence-electron chi connectivity index (χ0n) is 8.67. The Morgan fingerprint density at radius 3 is 2.73 bits per heavy atom. The van der Waals surface area contributed by atoms with Crippen molar-refractivity contribution in [2.45, 2.75) is 19.4 Å². The van der Waals surface area contributed by atoms with Crippen LogP contribution >= 0.6 is 0 Å². The molecule has 1 heterocycles. The summed E-state index contributed by atoms with van der Waals surface area (Å²) >= 11 is 0. The Morgan fingerprint density at radius 1 is 1.33 bits per heavy atom. The van der Waals surface area contributed by atoms with Gasteiger partial charge < -0.3 is 5.73 Å². The summed E-state index contributed by atoms with van der Waals surface area (Å²) in [6, 6.07) is 10.0. The molecule has 4 nitrogen and oxygen atoms in total. The number of benzene rings is 1. The summed E-state index contributed by atoms with van der Waals surface area (Å²) in [7, 11) is 0. The molecule has 0 saturated heterocycles. The van der Waals surface area contributed by atoms with Gasteiger partial charge in [-0.05, 0) is 19.1 Å². The van der Waals surface area contributed by atoms with E-state index < -0.39 is 0 Å². The van der Waals surface area contributed by atoms with E-state index in [4.69, 9.17) is 5.73 Å². The summed E-state index contributed by atoms with van der Waals surface area (Å²) in [6.07, 6.45) is 2.67. The van der Waals surface area contributed by atoms with E-state index in [2.05, 4.69) is 10.3 Å². The molecule has 2 N–H and O–H groups in total. The lowest BCUT2D eigenvalue weighted by Crippen LogP contribution is -2.17. The minimum absolute atomic E-state index is 0.117. The van der Waals surface area contributed by atoms with Crippen LogP contribution in [0.1, 0.15) is 12.6 Å². The Bertz CT molecular complexity index is 419. The lowest BCUT2D eigenvalue weighted by Gasteiger charge is -1.99. The van der Waals surface area contributed by atoms with E-state index in [1.54, 1.807) is 4.68 Å². The molecule has 0 radical (unpaired) electrons. The maximum Gasteiger partial charge on any atom is 0.0847 e. The van der Waals surface area contributed by atoms with Crippen LogP contribution in [-0.2, 0) is 6.42 Å². The van der Waals surface area contributed by atoms with Crippen molar-refractivity contribution < 1.29 is 0 Å².